The molecule has 220 valence electrons. The van der Waals surface area contributed by atoms with Gasteiger partial charge in [0.25, 0.3) is 0 Å². The number of hydrogen-bond acceptors (Lipinski definition) is 4. The number of halogens is 3. The van der Waals surface area contributed by atoms with Gasteiger partial charge in [0.1, 0.15) is 23.4 Å². The minimum Gasteiger partial charge on any atom is -0.493 e. The Hall–Kier alpha value is -2.75. The van der Waals surface area contributed by atoms with Crippen LogP contribution in [-0.4, -0.2) is 65.4 Å². The van der Waals surface area contributed by atoms with Crippen LogP contribution in [0.5, 0.6) is 5.75 Å². The minimum atomic E-state index is -0.392. The number of rotatable bonds is 6. The van der Waals surface area contributed by atoms with Crippen molar-refractivity contribution in [2.75, 3.05) is 32.8 Å². The third kappa shape index (κ3) is 6.01. The molecule has 42 heavy (non-hydrogen) atoms. The summed E-state index contributed by atoms with van der Waals surface area (Å²) >= 11 is 7.12. The Morgan fingerprint density at radius 3 is 2.14 bits per heavy atom. The second-order valence-corrected chi connectivity index (χ2v) is 13.0. The van der Waals surface area contributed by atoms with Gasteiger partial charge in [-0.3, -0.25) is 9.89 Å². The van der Waals surface area contributed by atoms with Crippen LogP contribution in [0, 0.1) is 5.82 Å². The van der Waals surface area contributed by atoms with Gasteiger partial charge in [0.2, 0.25) is 0 Å². The van der Waals surface area contributed by atoms with Gasteiger partial charge in [-0.1, -0.05) is 56.1 Å². The highest BCUT2D eigenvalue weighted by atomic mass is 79.9. The molecule has 3 aliphatic rings. The summed E-state index contributed by atoms with van der Waals surface area (Å²) in [4.78, 5) is 26.3. The third-order valence-electron chi connectivity index (χ3n) is 8.57. The molecule has 2 atom stereocenters. The number of ether oxygens (including phenoxy) is 1. The van der Waals surface area contributed by atoms with Gasteiger partial charge in [0, 0.05) is 34.1 Å². The molecular weight excluding hydrogens is 663 g/mol. The van der Waals surface area contributed by atoms with Gasteiger partial charge in [0.05, 0.1) is 18.2 Å². The number of benzene rings is 3. The lowest BCUT2D eigenvalue weighted by Gasteiger charge is -2.40. The number of likely N-dealkylation sites (tertiary alicyclic amines) is 2. The maximum absolute atomic E-state index is 14.7. The molecule has 0 spiro atoms. The lowest BCUT2D eigenvalue weighted by molar-refractivity contribution is 0.117. The average Bonchev–Trinajstić information content (AvgIpc) is 3.67. The van der Waals surface area contributed by atoms with E-state index in [1.807, 2.05) is 65.3 Å². The minimum absolute atomic E-state index is 0.0760. The fourth-order valence-corrected chi connectivity index (χ4v) is 7.02. The van der Waals surface area contributed by atoms with Gasteiger partial charge < -0.3 is 14.5 Å². The van der Waals surface area contributed by atoms with Crippen LogP contribution < -0.4 is 4.74 Å². The van der Waals surface area contributed by atoms with Crippen molar-refractivity contribution in [3.63, 3.8) is 0 Å². The quantitative estimate of drug-likeness (QED) is 0.263. The first-order valence-corrected chi connectivity index (χ1v) is 16.3. The van der Waals surface area contributed by atoms with Gasteiger partial charge in [-0.25, -0.2) is 9.18 Å². The van der Waals surface area contributed by atoms with Crippen LogP contribution >= 0.6 is 31.9 Å². The number of amides is 2. The zero-order chi connectivity index (χ0) is 29.2. The van der Waals surface area contributed by atoms with Gasteiger partial charge in [0.15, 0.2) is 0 Å². The predicted molar refractivity (Wildman–Crippen MR) is 171 cm³/mol. The zero-order valence-electron chi connectivity index (χ0n) is 23.7. The van der Waals surface area contributed by atoms with E-state index in [1.165, 1.54) is 25.0 Å². The molecule has 3 aromatic rings. The van der Waals surface area contributed by atoms with Crippen molar-refractivity contribution >= 4 is 43.7 Å². The van der Waals surface area contributed by atoms with E-state index in [4.69, 9.17) is 9.73 Å². The molecule has 6 nitrogen and oxygen atoms in total. The molecule has 2 unspecified atom stereocenters. The molecule has 0 aliphatic carbocycles. The third-order valence-corrected chi connectivity index (χ3v) is 9.63. The molecule has 9 heteroatoms. The van der Waals surface area contributed by atoms with Gasteiger partial charge >= 0.3 is 6.03 Å². The van der Waals surface area contributed by atoms with Crippen molar-refractivity contribution in [3.05, 3.63) is 98.2 Å². The molecule has 0 aromatic heterocycles. The van der Waals surface area contributed by atoms with Crippen molar-refractivity contribution < 1.29 is 13.9 Å². The Kier molecular flexibility index (Phi) is 8.98. The highest BCUT2D eigenvalue weighted by Crippen LogP contribution is 2.45. The average molecular weight is 698 g/mol. The van der Waals surface area contributed by atoms with Crippen LogP contribution in [0.2, 0.25) is 0 Å². The Labute approximate surface area is 263 Å². The number of amidine groups is 1. The SMILES string of the molecule is CCOc1cc(F)ccc1C1=NC(c2ccc(Br)cc2)C(c2ccc(Br)cc2)N1C(=O)N1CCC(N2CCCC2)CC1. The second kappa shape index (κ2) is 12.9. The monoisotopic (exact) mass is 696 g/mol. The van der Waals surface area contributed by atoms with E-state index in [9.17, 15) is 9.18 Å². The number of urea groups is 1. The predicted octanol–water partition coefficient (Wildman–Crippen LogP) is 7.97. The van der Waals surface area contributed by atoms with Crippen molar-refractivity contribution in [3.8, 4) is 5.75 Å². The van der Waals surface area contributed by atoms with Gasteiger partial charge in [-0.05, 0) is 93.2 Å². The summed E-state index contributed by atoms with van der Waals surface area (Å²) in [5.74, 6) is 0.496. The van der Waals surface area contributed by atoms with Crippen molar-refractivity contribution in [2.24, 2.45) is 4.99 Å². The first-order valence-electron chi connectivity index (χ1n) is 14.8. The number of carbonyl (C=O) groups is 1. The molecule has 0 saturated carbocycles. The van der Waals surface area contributed by atoms with Crippen LogP contribution in [0.25, 0.3) is 0 Å². The molecule has 0 radical (unpaired) electrons. The van der Waals surface area contributed by atoms with Crippen molar-refractivity contribution in [2.45, 2.75) is 50.7 Å². The molecule has 3 aliphatic heterocycles. The van der Waals surface area contributed by atoms with E-state index in [2.05, 4.69) is 36.8 Å². The Bertz CT molecular complexity index is 1440. The van der Waals surface area contributed by atoms with Crippen LogP contribution in [0.4, 0.5) is 9.18 Å². The summed E-state index contributed by atoms with van der Waals surface area (Å²) in [5.41, 5.74) is 2.58. The summed E-state index contributed by atoms with van der Waals surface area (Å²) in [7, 11) is 0. The molecule has 0 N–H and O–H groups in total. The van der Waals surface area contributed by atoms with E-state index in [1.54, 1.807) is 6.07 Å². The highest BCUT2D eigenvalue weighted by Gasteiger charge is 2.45. The topological polar surface area (TPSA) is 48.4 Å². The summed E-state index contributed by atoms with van der Waals surface area (Å²) < 4.78 is 22.2. The lowest BCUT2D eigenvalue weighted by atomic mass is 9.93. The first kappa shape index (κ1) is 29.3. The Morgan fingerprint density at radius 2 is 1.52 bits per heavy atom. The normalized spacial score (nSPS) is 21.6. The number of carbonyl (C=O) groups excluding carboxylic acids is 1. The van der Waals surface area contributed by atoms with E-state index >= 15 is 0 Å². The maximum atomic E-state index is 14.7. The molecular formula is C33H35Br2FN4O2. The molecule has 3 heterocycles. The maximum Gasteiger partial charge on any atom is 0.326 e. The fraction of sp³-hybridized carbons (Fsp3) is 0.394. The lowest BCUT2D eigenvalue weighted by Crippen LogP contribution is -2.52. The highest BCUT2D eigenvalue weighted by molar-refractivity contribution is 9.10. The van der Waals surface area contributed by atoms with E-state index in [-0.39, 0.29) is 12.1 Å². The molecule has 3 aromatic carbocycles. The summed E-state index contributed by atoms with van der Waals surface area (Å²) in [5, 5.41) is 0. The van der Waals surface area contributed by atoms with Gasteiger partial charge in [-0.2, -0.15) is 0 Å². The van der Waals surface area contributed by atoms with Crippen molar-refractivity contribution in [1.82, 2.24) is 14.7 Å². The summed E-state index contributed by atoms with van der Waals surface area (Å²) in [6.45, 7) is 5.95. The number of hydrogen-bond donors (Lipinski definition) is 0. The van der Waals surface area contributed by atoms with E-state index in [0.29, 0.717) is 42.9 Å². The van der Waals surface area contributed by atoms with Crippen LogP contribution in [0.3, 0.4) is 0 Å². The molecule has 6 rings (SSSR count). The smallest absolute Gasteiger partial charge is 0.326 e. The second-order valence-electron chi connectivity index (χ2n) is 11.1. The number of piperidine rings is 1. The van der Waals surface area contributed by atoms with E-state index in [0.717, 1.165) is 46.0 Å². The Balaban J connectivity index is 1.43. The van der Waals surface area contributed by atoms with Crippen LogP contribution in [0.15, 0.2) is 80.7 Å². The zero-order valence-corrected chi connectivity index (χ0v) is 26.9. The van der Waals surface area contributed by atoms with Crippen LogP contribution in [-0.2, 0) is 0 Å². The molecule has 2 saturated heterocycles. The van der Waals surface area contributed by atoms with Crippen molar-refractivity contribution in [1.29, 1.82) is 0 Å². The number of aliphatic imine (C=N–C) groups is 1. The number of nitrogens with zero attached hydrogens (tertiary/aromatic N) is 4. The fourth-order valence-electron chi connectivity index (χ4n) is 6.49. The Morgan fingerprint density at radius 1 is 0.905 bits per heavy atom. The van der Waals surface area contributed by atoms with E-state index < -0.39 is 11.9 Å². The largest absolute Gasteiger partial charge is 0.493 e. The summed E-state index contributed by atoms with van der Waals surface area (Å²) in [6, 6.07) is 20.4. The first-order chi connectivity index (χ1) is 20.4. The molecule has 2 fully saturated rings. The summed E-state index contributed by atoms with van der Waals surface area (Å²) in [6.07, 6.45) is 4.45. The van der Waals surface area contributed by atoms with Crippen LogP contribution in [0.1, 0.15) is 61.4 Å². The standard InChI is InChI=1S/C33H35Br2FN4O2/c1-2-42-29-21-26(36)13-14-28(29)32-37-30(22-5-9-24(34)10-6-22)31(23-7-11-25(35)12-8-23)40(32)33(41)39-19-15-27(16-20-39)38-17-3-4-18-38/h5-14,21,27,30-31H,2-4,15-20H2,1H3. The molecule has 2 amide bonds. The molecule has 0 bridgehead atoms. The van der Waals surface area contributed by atoms with Gasteiger partial charge in [-0.15, -0.1) is 0 Å².